The van der Waals surface area contributed by atoms with Crippen LogP contribution in [0.3, 0.4) is 0 Å². The number of halogens is 1. The molecule has 0 saturated heterocycles. The van der Waals surface area contributed by atoms with Gasteiger partial charge < -0.3 is 4.42 Å². The van der Waals surface area contributed by atoms with Gasteiger partial charge in [0.05, 0.1) is 10.6 Å². The molecule has 2 aliphatic heterocycles. The molecule has 0 unspecified atom stereocenters. The summed E-state index contributed by atoms with van der Waals surface area (Å²) in [6.45, 7) is 2.00. The number of carbonyl (C=O) groups excluding carboxylic acids is 1. The fraction of sp³-hybridized carbons (Fsp3) is 0.0435. The molecule has 2 aromatic carbocycles. The van der Waals surface area contributed by atoms with Gasteiger partial charge in [0.2, 0.25) is 5.17 Å². The summed E-state index contributed by atoms with van der Waals surface area (Å²) in [5.41, 5.74) is 2.89. The van der Waals surface area contributed by atoms with Crippen LogP contribution in [0.4, 0.5) is 0 Å². The molecule has 1 aromatic heterocycles. The summed E-state index contributed by atoms with van der Waals surface area (Å²) >= 11 is 7.51. The number of hydrogen-bond donors (Lipinski definition) is 1. The number of amidine groups is 2. The van der Waals surface area contributed by atoms with Crippen LogP contribution in [-0.4, -0.2) is 27.0 Å². The summed E-state index contributed by atoms with van der Waals surface area (Å²) in [7, 11) is 0. The Balaban J connectivity index is 1.46. The van der Waals surface area contributed by atoms with Crippen LogP contribution in [0.1, 0.15) is 16.9 Å². The highest BCUT2D eigenvalue weighted by molar-refractivity contribution is 8.27. The molecule has 0 aliphatic carbocycles. The number of fused-ring (bicyclic) bond motifs is 1. The number of rotatable bonds is 3. The smallest absolute Gasteiger partial charge is 0.283 e. The average Bonchev–Trinajstić information content (AvgIpc) is 3.39. The van der Waals surface area contributed by atoms with Gasteiger partial charge in [-0.25, -0.2) is 0 Å². The first-order valence-corrected chi connectivity index (χ1v) is 10.6. The lowest BCUT2D eigenvalue weighted by Crippen LogP contribution is -2.35. The first kappa shape index (κ1) is 19.5. The van der Waals surface area contributed by atoms with Gasteiger partial charge in [0.15, 0.2) is 5.84 Å². The van der Waals surface area contributed by atoms with Crippen molar-refractivity contribution >= 4 is 51.4 Å². The van der Waals surface area contributed by atoms with Crippen LogP contribution in [0, 0.1) is 12.3 Å². The minimum Gasteiger partial charge on any atom is -0.457 e. The molecule has 0 atom stereocenters. The molecule has 6 nitrogen and oxygen atoms in total. The Labute approximate surface area is 187 Å². The number of carbonyl (C=O) groups is 1. The fourth-order valence-corrected chi connectivity index (χ4v) is 4.38. The van der Waals surface area contributed by atoms with Crippen LogP contribution in [0.25, 0.3) is 17.4 Å². The third-order valence-corrected chi connectivity index (χ3v) is 6.06. The van der Waals surface area contributed by atoms with E-state index in [0.29, 0.717) is 26.8 Å². The van der Waals surface area contributed by atoms with Gasteiger partial charge in [-0.3, -0.25) is 10.2 Å². The van der Waals surface area contributed by atoms with Crippen molar-refractivity contribution in [2.24, 2.45) is 10.1 Å². The van der Waals surface area contributed by atoms with Crippen LogP contribution in [-0.2, 0) is 4.79 Å². The van der Waals surface area contributed by atoms with Gasteiger partial charge >= 0.3 is 0 Å². The molecule has 2 aliphatic rings. The van der Waals surface area contributed by atoms with E-state index >= 15 is 0 Å². The zero-order valence-electron chi connectivity index (χ0n) is 16.3. The van der Waals surface area contributed by atoms with Gasteiger partial charge in [0.25, 0.3) is 5.91 Å². The fourth-order valence-electron chi connectivity index (χ4n) is 3.27. The van der Waals surface area contributed by atoms with E-state index in [-0.39, 0.29) is 11.4 Å². The van der Waals surface area contributed by atoms with E-state index in [0.717, 1.165) is 16.7 Å². The van der Waals surface area contributed by atoms with E-state index in [4.69, 9.17) is 21.4 Å². The summed E-state index contributed by atoms with van der Waals surface area (Å²) in [5, 5.41) is 16.1. The molecule has 31 heavy (non-hydrogen) atoms. The summed E-state index contributed by atoms with van der Waals surface area (Å²) < 4.78 is 5.85. The summed E-state index contributed by atoms with van der Waals surface area (Å²) in [4.78, 5) is 16.8. The Kier molecular flexibility index (Phi) is 4.84. The van der Waals surface area contributed by atoms with Crippen molar-refractivity contribution in [3.8, 4) is 11.3 Å². The number of nitrogens with zero attached hydrogens (tertiary/aromatic N) is 3. The van der Waals surface area contributed by atoms with Gasteiger partial charge in [-0.15, -0.1) is 0 Å². The Hall–Kier alpha value is -3.42. The molecular formula is C23H15ClN4O2S. The number of nitrogens with one attached hydrogen (secondary N) is 1. The molecule has 1 amide bonds. The minimum atomic E-state index is -0.500. The van der Waals surface area contributed by atoms with Crippen molar-refractivity contribution in [2.45, 2.75) is 6.92 Å². The van der Waals surface area contributed by atoms with Gasteiger partial charge in [-0.2, -0.15) is 15.1 Å². The summed E-state index contributed by atoms with van der Waals surface area (Å²) in [6, 6.07) is 18.7. The second-order valence-corrected chi connectivity index (χ2v) is 8.34. The number of benzene rings is 2. The number of furan rings is 1. The number of amides is 1. The van der Waals surface area contributed by atoms with Crippen molar-refractivity contribution in [3.63, 3.8) is 0 Å². The topological polar surface area (TPSA) is 82.0 Å². The van der Waals surface area contributed by atoms with E-state index in [9.17, 15) is 4.79 Å². The van der Waals surface area contributed by atoms with Crippen LogP contribution in [0.15, 0.2) is 80.7 Å². The molecule has 3 heterocycles. The second kappa shape index (κ2) is 7.68. The second-order valence-electron chi connectivity index (χ2n) is 6.98. The normalized spacial score (nSPS) is 17.1. The number of aryl methyl sites for hydroxylation is 1. The zero-order chi connectivity index (χ0) is 21.5. The van der Waals surface area contributed by atoms with Crippen LogP contribution >= 0.6 is 23.4 Å². The molecule has 0 fully saturated rings. The number of hydrogen-bond acceptors (Lipinski definition) is 5. The predicted molar refractivity (Wildman–Crippen MR) is 124 cm³/mol. The van der Waals surface area contributed by atoms with Crippen molar-refractivity contribution in [1.82, 2.24) is 5.01 Å². The maximum Gasteiger partial charge on any atom is 0.283 e. The SMILES string of the molecule is Cc1cccc(C2=NN3C(=N)C(=Cc4ccc(-c5ccccc5Cl)o4)C(=O)N=C3S2)c1. The largest absolute Gasteiger partial charge is 0.457 e. The van der Waals surface area contributed by atoms with Gasteiger partial charge in [-0.05, 0) is 55.1 Å². The number of thioether (sulfide) groups is 1. The Morgan fingerprint density at radius 1 is 1.13 bits per heavy atom. The highest BCUT2D eigenvalue weighted by Crippen LogP contribution is 2.33. The monoisotopic (exact) mass is 446 g/mol. The average molecular weight is 447 g/mol. The molecule has 8 heteroatoms. The standard InChI is InChI=1S/C23H15ClN4O2S/c1-13-5-4-6-14(11-13)22-27-28-20(25)17(21(29)26-23(28)31-22)12-15-9-10-19(30-15)16-7-2-3-8-18(16)24/h2-12,25H,1H3. The molecular weight excluding hydrogens is 432 g/mol. The van der Waals surface area contributed by atoms with E-state index in [1.54, 1.807) is 18.2 Å². The van der Waals surface area contributed by atoms with E-state index in [2.05, 4.69) is 10.1 Å². The third kappa shape index (κ3) is 3.62. The molecule has 1 N–H and O–H groups in total. The molecule has 152 valence electrons. The Morgan fingerprint density at radius 2 is 1.97 bits per heavy atom. The molecule has 0 radical (unpaired) electrons. The van der Waals surface area contributed by atoms with E-state index in [1.807, 2.05) is 49.4 Å². The maximum absolute atomic E-state index is 12.6. The quantitative estimate of drug-likeness (QED) is 0.533. The molecule has 0 spiro atoms. The number of hydrazone groups is 1. The van der Waals surface area contributed by atoms with Crippen molar-refractivity contribution in [2.75, 3.05) is 0 Å². The van der Waals surface area contributed by atoms with Crippen molar-refractivity contribution in [1.29, 1.82) is 5.41 Å². The number of aliphatic imine (C=N–C) groups is 1. The molecule has 0 bridgehead atoms. The highest BCUT2D eigenvalue weighted by Gasteiger charge is 2.36. The first-order valence-electron chi connectivity index (χ1n) is 9.41. The van der Waals surface area contributed by atoms with Crippen LogP contribution < -0.4 is 0 Å². The summed E-state index contributed by atoms with van der Waals surface area (Å²) in [6.07, 6.45) is 1.51. The summed E-state index contributed by atoms with van der Waals surface area (Å²) in [5.74, 6) is 0.463. The lowest BCUT2D eigenvalue weighted by atomic mass is 10.1. The molecule has 0 saturated carbocycles. The first-order chi connectivity index (χ1) is 15.0. The van der Waals surface area contributed by atoms with Crippen LogP contribution in [0.2, 0.25) is 5.02 Å². The minimum absolute atomic E-state index is 0.0409. The third-order valence-electron chi connectivity index (χ3n) is 4.77. The van der Waals surface area contributed by atoms with Crippen molar-refractivity contribution < 1.29 is 9.21 Å². The van der Waals surface area contributed by atoms with Crippen molar-refractivity contribution in [3.05, 3.63) is 88.1 Å². The van der Waals surface area contributed by atoms with Crippen LogP contribution in [0.5, 0.6) is 0 Å². The van der Waals surface area contributed by atoms with Gasteiger partial charge in [0.1, 0.15) is 16.6 Å². The van der Waals surface area contributed by atoms with Gasteiger partial charge in [-0.1, -0.05) is 47.5 Å². The lowest BCUT2D eigenvalue weighted by Gasteiger charge is -2.19. The Bertz CT molecular complexity index is 1340. The highest BCUT2D eigenvalue weighted by atomic mass is 35.5. The van der Waals surface area contributed by atoms with E-state index in [1.165, 1.54) is 22.8 Å². The Morgan fingerprint density at radius 3 is 2.77 bits per heavy atom. The van der Waals surface area contributed by atoms with E-state index < -0.39 is 5.91 Å². The maximum atomic E-state index is 12.6. The molecule has 3 aromatic rings. The molecule has 5 rings (SSSR count). The lowest BCUT2D eigenvalue weighted by molar-refractivity contribution is -0.114. The predicted octanol–water partition coefficient (Wildman–Crippen LogP) is 5.58. The van der Waals surface area contributed by atoms with Gasteiger partial charge in [0, 0.05) is 11.1 Å². The zero-order valence-corrected chi connectivity index (χ0v) is 17.9.